The van der Waals surface area contributed by atoms with Gasteiger partial charge in [-0.2, -0.15) is 5.10 Å². The number of anilines is 3. The molecule has 4 aromatic carbocycles. The molecule has 3 N–H and O–H groups in total. The number of methoxy groups -OCH3 is 1. The maximum Gasteiger partial charge on any atom is 0.271 e. The van der Waals surface area contributed by atoms with Crippen LogP contribution in [0.1, 0.15) is 15.9 Å². The molecule has 0 aliphatic heterocycles. The molecule has 0 fully saturated rings. The predicted molar refractivity (Wildman–Crippen MR) is 174 cm³/mol. The molecule has 44 heavy (non-hydrogen) atoms. The van der Waals surface area contributed by atoms with Crippen molar-refractivity contribution in [2.24, 2.45) is 5.10 Å². The van der Waals surface area contributed by atoms with Gasteiger partial charge in [-0.1, -0.05) is 30.3 Å². The zero-order valence-corrected chi connectivity index (χ0v) is 25.6. The van der Waals surface area contributed by atoms with E-state index in [2.05, 4.69) is 42.1 Å². The Labute approximate surface area is 264 Å². The summed E-state index contributed by atoms with van der Waals surface area (Å²) in [5.74, 6) is -0.546. The third-order valence-corrected chi connectivity index (χ3v) is 7.43. The van der Waals surface area contributed by atoms with Gasteiger partial charge in [0, 0.05) is 27.9 Å². The number of rotatable bonds is 11. The van der Waals surface area contributed by atoms with Crippen LogP contribution in [0.5, 0.6) is 11.5 Å². The first-order valence-electron chi connectivity index (χ1n) is 13.1. The van der Waals surface area contributed by atoms with Crippen molar-refractivity contribution < 1.29 is 23.5 Å². The van der Waals surface area contributed by atoms with Gasteiger partial charge in [-0.3, -0.25) is 9.59 Å². The van der Waals surface area contributed by atoms with Crippen molar-refractivity contribution >= 4 is 61.8 Å². The number of para-hydroxylation sites is 1. The summed E-state index contributed by atoms with van der Waals surface area (Å²) in [6.45, 7) is -0.303. The highest BCUT2D eigenvalue weighted by Crippen LogP contribution is 2.36. The first kappa shape index (κ1) is 30.4. The number of hydrogen-bond acceptors (Lipinski definition) is 8. The first-order valence-corrected chi connectivity index (χ1v) is 14.8. The summed E-state index contributed by atoms with van der Waals surface area (Å²) in [5, 5.41) is 12.7. The Balaban J connectivity index is 1.15. The van der Waals surface area contributed by atoms with E-state index in [1.54, 1.807) is 24.3 Å². The van der Waals surface area contributed by atoms with Gasteiger partial charge in [0.15, 0.2) is 23.2 Å². The number of ether oxygens (including phenoxy) is 2. The SMILES string of the molecule is COc1cc(/C=N/NC(=O)c2ccc(-c3csc(Nc4ccccc4)n3)cc2)cc(Br)c1OCC(=O)Nc1ccc(F)cc1. The Bertz CT molecular complexity index is 1780. The molecule has 12 heteroatoms. The van der Waals surface area contributed by atoms with Crippen molar-refractivity contribution in [3.63, 3.8) is 0 Å². The van der Waals surface area contributed by atoms with Gasteiger partial charge in [-0.05, 0) is 82.2 Å². The fraction of sp³-hybridized carbons (Fsp3) is 0.0625. The van der Waals surface area contributed by atoms with E-state index in [-0.39, 0.29) is 12.5 Å². The van der Waals surface area contributed by atoms with Crippen LogP contribution < -0.4 is 25.5 Å². The lowest BCUT2D eigenvalue weighted by Crippen LogP contribution is -2.20. The number of amides is 2. The first-order chi connectivity index (χ1) is 21.4. The molecule has 0 bridgehead atoms. The number of hydrazone groups is 1. The van der Waals surface area contributed by atoms with Crippen LogP contribution in [0.3, 0.4) is 0 Å². The zero-order valence-electron chi connectivity index (χ0n) is 23.2. The standard InChI is InChI=1S/C32H25BrFN5O4S/c1-42-28-16-20(15-26(33)30(28)43-18-29(40)36-25-13-11-23(34)12-14-25)17-35-39-31(41)22-9-7-21(8-10-22)27-19-44-32(38-27)37-24-5-3-2-4-6-24/h2-17,19H,18H2,1H3,(H,36,40)(H,37,38)(H,39,41)/b35-17+. The Morgan fingerprint density at radius 2 is 1.75 bits per heavy atom. The van der Waals surface area contributed by atoms with Gasteiger partial charge in [0.25, 0.3) is 11.8 Å². The van der Waals surface area contributed by atoms with E-state index in [1.807, 2.05) is 47.8 Å². The van der Waals surface area contributed by atoms with Crippen molar-refractivity contribution in [2.75, 3.05) is 24.4 Å². The summed E-state index contributed by atoms with van der Waals surface area (Å²) in [5.41, 5.74) is 6.65. The monoisotopic (exact) mass is 673 g/mol. The fourth-order valence-electron chi connectivity index (χ4n) is 3.95. The lowest BCUT2D eigenvalue weighted by atomic mass is 10.1. The minimum Gasteiger partial charge on any atom is -0.493 e. The third-order valence-electron chi connectivity index (χ3n) is 6.08. The number of hydrogen-bond donors (Lipinski definition) is 3. The highest BCUT2D eigenvalue weighted by molar-refractivity contribution is 9.10. The van der Waals surface area contributed by atoms with Crippen molar-refractivity contribution in [1.82, 2.24) is 10.4 Å². The van der Waals surface area contributed by atoms with Crippen LogP contribution >= 0.6 is 27.3 Å². The van der Waals surface area contributed by atoms with Crippen molar-refractivity contribution in [3.05, 3.63) is 118 Å². The predicted octanol–water partition coefficient (Wildman–Crippen LogP) is 7.25. The molecule has 5 aromatic rings. The van der Waals surface area contributed by atoms with Crippen LogP contribution in [-0.4, -0.2) is 36.7 Å². The van der Waals surface area contributed by atoms with Crippen LogP contribution in [0.25, 0.3) is 11.3 Å². The highest BCUT2D eigenvalue weighted by Gasteiger charge is 2.14. The molecule has 0 saturated carbocycles. The summed E-state index contributed by atoms with van der Waals surface area (Å²) >= 11 is 4.93. The molecule has 2 amide bonds. The summed E-state index contributed by atoms with van der Waals surface area (Å²) in [6, 6.07) is 25.7. The normalized spacial score (nSPS) is 10.8. The number of thiazole rings is 1. The molecule has 9 nitrogen and oxygen atoms in total. The van der Waals surface area contributed by atoms with Crippen LogP contribution in [0.15, 0.2) is 106 Å². The average Bonchev–Trinajstić information content (AvgIpc) is 3.50. The number of halogens is 2. The van der Waals surface area contributed by atoms with Gasteiger partial charge in [0.2, 0.25) is 0 Å². The van der Waals surface area contributed by atoms with E-state index in [1.165, 1.54) is 48.9 Å². The quantitative estimate of drug-likeness (QED) is 0.101. The minimum atomic E-state index is -0.427. The van der Waals surface area contributed by atoms with Crippen LogP contribution in [-0.2, 0) is 4.79 Å². The van der Waals surface area contributed by atoms with Gasteiger partial charge < -0.3 is 20.1 Å². The van der Waals surface area contributed by atoms with E-state index in [0.717, 1.165) is 22.1 Å². The van der Waals surface area contributed by atoms with Crippen LogP contribution in [0.2, 0.25) is 0 Å². The van der Waals surface area contributed by atoms with Gasteiger partial charge in [-0.25, -0.2) is 14.8 Å². The molecule has 1 aromatic heterocycles. The lowest BCUT2D eigenvalue weighted by molar-refractivity contribution is -0.118. The number of aromatic nitrogens is 1. The molecule has 0 spiro atoms. The van der Waals surface area contributed by atoms with Gasteiger partial charge in [0.05, 0.1) is 23.5 Å². The molecule has 5 rings (SSSR count). The number of benzene rings is 4. The Morgan fingerprint density at radius 1 is 1.00 bits per heavy atom. The Hall–Kier alpha value is -5.07. The number of carbonyl (C=O) groups excluding carboxylic acids is 2. The summed E-state index contributed by atoms with van der Waals surface area (Å²) in [6.07, 6.45) is 1.46. The third kappa shape index (κ3) is 8.06. The second kappa shape index (κ2) is 14.4. The van der Waals surface area contributed by atoms with Crippen LogP contribution in [0, 0.1) is 5.82 Å². The summed E-state index contributed by atoms with van der Waals surface area (Å²) in [4.78, 5) is 29.6. The second-order valence-corrected chi connectivity index (χ2v) is 10.9. The zero-order chi connectivity index (χ0) is 30.9. The number of nitrogens with one attached hydrogen (secondary N) is 3. The molecular weight excluding hydrogens is 649 g/mol. The van der Waals surface area contributed by atoms with E-state index in [0.29, 0.717) is 32.8 Å². The van der Waals surface area contributed by atoms with Gasteiger partial charge in [-0.15, -0.1) is 11.3 Å². The lowest BCUT2D eigenvalue weighted by Gasteiger charge is -2.13. The van der Waals surface area contributed by atoms with Crippen molar-refractivity contribution in [2.45, 2.75) is 0 Å². The summed E-state index contributed by atoms with van der Waals surface area (Å²) < 4.78 is 24.7. The fourth-order valence-corrected chi connectivity index (χ4v) is 5.27. The average molecular weight is 675 g/mol. The smallest absolute Gasteiger partial charge is 0.271 e. The maximum absolute atomic E-state index is 13.1. The highest BCUT2D eigenvalue weighted by atomic mass is 79.9. The Morgan fingerprint density at radius 3 is 2.48 bits per heavy atom. The Kier molecular flexibility index (Phi) is 9.95. The van der Waals surface area contributed by atoms with E-state index in [4.69, 9.17) is 9.47 Å². The van der Waals surface area contributed by atoms with Crippen LogP contribution in [0.4, 0.5) is 20.9 Å². The summed E-state index contributed by atoms with van der Waals surface area (Å²) in [7, 11) is 1.46. The number of carbonyl (C=O) groups is 2. The van der Waals surface area contributed by atoms with E-state index in [9.17, 15) is 14.0 Å². The van der Waals surface area contributed by atoms with Gasteiger partial charge in [0.1, 0.15) is 5.82 Å². The second-order valence-electron chi connectivity index (χ2n) is 9.18. The maximum atomic E-state index is 13.1. The minimum absolute atomic E-state index is 0.303. The molecule has 0 aliphatic carbocycles. The molecule has 0 unspecified atom stereocenters. The van der Waals surface area contributed by atoms with E-state index < -0.39 is 11.7 Å². The number of nitrogens with zero attached hydrogens (tertiary/aromatic N) is 2. The van der Waals surface area contributed by atoms with Crippen molar-refractivity contribution in [3.8, 4) is 22.8 Å². The largest absolute Gasteiger partial charge is 0.493 e. The molecule has 222 valence electrons. The topological polar surface area (TPSA) is 114 Å². The molecule has 0 atom stereocenters. The van der Waals surface area contributed by atoms with Crippen molar-refractivity contribution in [1.29, 1.82) is 0 Å². The van der Waals surface area contributed by atoms with Gasteiger partial charge >= 0.3 is 0 Å². The molecule has 1 heterocycles. The molecular formula is C32H25BrFN5O4S. The molecule has 0 aliphatic rings. The van der Waals surface area contributed by atoms with E-state index >= 15 is 0 Å². The molecule has 0 radical (unpaired) electrons. The molecule has 0 saturated heterocycles.